The van der Waals surface area contributed by atoms with E-state index < -0.39 is 23.1 Å². The molecule has 0 aliphatic rings. The zero-order chi connectivity index (χ0) is 22.8. The fraction of sp³-hybridized carbons (Fsp3) is 0.0833. The lowest BCUT2D eigenvalue weighted by atomic mass is 10.1. The van der Waals surface area contributed by atoms with Gasteiger partial charge in [-0.3, -0.25) is 14.2 Å². The van der Waals surface area contributed by atoms with Gasteiger partial charge in [-0.25, -0.2) is 8.78 Å². The number of fused-ring (bicyclic) bond motifs is 1. The molecule has 3 aromatic carbocycles. The van der Waals surface area contributed by atoms with Crippen molar-refractivity contribution in [1.82, 2.24) is 4.57 Å². The summed E-state index contributed by atoms with van der Waals surface area (Å²) in [6, 6.07) is 14.3. The third-order valence-electron chi connectivity index (χ3n) is 5.00. The molecule has 8 heteroatoms. The summed E-state index contributed by atoms with van der Waals surface area (Å²) in [5, 5.41) is 3.36. The van der Waals surface area contributed by atoms with Crippen molar-refractivity contribution in [2.24, 2.45) is 0 Å². The average molecular weight is 436 g/mol. The Labute approximate surface area is 181 Å². The van der Waals surface area contributed by atoms with Crippen LogP contribution in [-0.4, -0.2) is 24.7 Å². The van der Waals surface area contributed by atoms with Crippen LogP contribution in [-0.2, 0) is 0 Å². The molecule has 1 heterocycles. The third-order valence-corrected chi connectivity index (χ3v) is 5.00. The van der Waals surface area contributed by atoms with Gasteiger partial charge in [-0.1, -0.05) is 18.2 Å². The molecular formula is C24H18F2N2O4. The number of rotatable bonds is 5. The number of hydrogen-bond acceptors (Lipinski definition) is 4. The van der Waals surface area contributed by atoms with Crippen LogP contribution in [0.5, 0.6) is 11.5 Å². The lowest BCUT2D eigenvalue weighted by Crippen LogP contribution is -2.23. The van der Waals surface area contributed by atoms with Crippen molar-refractivity contribution in [2.45, 2.75) is 0 Å². The van der Waals surface area contributed by atoms with Crippen LogP contribution in [0.2, 0.25) is 0 Å². The number of carbonyl (C=O) groups excluding carboxylic acids is 1. The van der Waals surface area contributed by atoms with Crippen molar-refractivity contribution >= 4 is 22.4 Å². The molecule has 32 heavy (non-hydrogen) atoms. The Kier molecular flexibility index (Phi) is 5.59. The molecule has 0 aliphatic carbocycles. The molecule has 162 valence electrons. The van der Waals surface area contributed by atoms with E-state index in [1.54, 1.807) is 42.5 Å². The van der Waals surface area contributed by atoms with Gasteiger partial charge in [-0.15, -0.1) is 0 Å². The summed E-state index contributed by atoms with van der Waals surface area (Å²) in [6.07, 6.45) is 1.24. The maximum atomic E-state index is 14.4. The van der Waals surface area contributed by atoms with Gasteiger partial charge in [0.05, 0.1) is 31.2 Å². The SMILES string of the molecule is COc1ccc(NC(=O)c2cn(-c3ccc(F)cc3F)c(=O)c3ccccc23)c(OC)c1. The molecule has 0 unspecified atom stereocenters. The van der Waals surface area contributed by atoms with Crippen LogP contribution in [0.4, 0.5) is 14.5 Å². The minimum absolute atomic E-state index is 0.127. The van der Waals surface area contributed by atoms with Crippen molar-refractivity contribution in [2.75, 3.05) is 19.5 Å². The largest absolute Gasteiger partial charge is 0.497 e. The van der Waals surface area contributed by atoms with E-state index in [2.05, 4.69) is 5.32 Å². The second kappa shape index (κ2) is 8.50. The highest BCUT2D eigenvalue weighted by Crippen LogP contribution is 2.30. The second-order valence-electron chi connectivity index (χ2n) is 6.88. The Morgan fingerprint density at radius 2 is 1.69 bits per heavy atom. The van der Waals surface area contributed by atoms with Crippen molar-refractivity contribution < 1.29 is 23.0 Å². The average Bonchev–Trinajstić information content (AvgIpc) is 2.80. The molecule has 0 spiro atoms. The van der Waals surface area contributed by atoms with Gasteiger partial charge in [0.15, 0.2) is 0 Å². The fourth-order valence-electron chi connectivity index (χ4n) is 3.42. The van der Waals surface area contributed by atoms with E-state index in [1.807, 2.05) is 0 Å². The zero-order valence-electron chi connectivity index (χ0n) is 17.2. The highest BCUT2D eigenvalue weighted by atomic mass is 19.1. The number of ether oxygens (including phenoxy) is 2. The topological polar surface area (TPSA) is 69.6 Å². The van der Waals surface area contributed by atoms with E-state index in [0.717, 1.165) is 16.7 Å². The van der Waals surface area contributed by atoms with E-state index in [1.165, 1.54) is 20.4 Å². The fourth-order valence-corrected chi connectivity index (χ4v) is 3.42. The first-order valence-electron chi connectivity index (χ1n) is 9.56. The predicted octanol–water partition coefficient (Wildman–Crippen LogP) is 4.54. The van der Waals surface area contributed by atoms with Crippen LogP contribution in [0.15, 0.2) is 71.7 Å². The van der Waals surface area contributed by atoms with Gasteiger partial charge in [0.25, 0.3) is 11.5 Å². The van der Waals surface area contributed by atoms with E-state index in [0.29, 0.717) is 28.6 Å². The molecule has 4 rings (SSSR count). The van der Waals surface area contributed by atoms with Crippen molar-refractivity contribution in [1.29, 1.82) is 0 Å². The molecule has 4 aromatic rings. The van der Waals surface area contributed by atoms with Crippen molar-refractivity contribution in [3.05, 3.63) is 94.4 Å². The number of anilines is 1. The van der Waals surface area contributed by atoms with Crippen LogP contribution in [0.25, 0.3) is 16.5 Å². The number of pyridine rings is 1. The van der Waals surface area contributed by atoms with Gasteiger partial charge < -0.3 is 14.8 Å². The quantitative estimate of drug-likeness (QED) is 0.499. The molecule has 1 amide bonds. The standard InChI is InChI=1S/C24H18F2N2O4/c1-31-15-8-9-20(22(12-15)32-2)27-23(29)18-13-28(21-10-7-14(25)11-19(21)26)24(30)17-6-4-3-5-16(17)18/h3-13H,1-2H3,(H,27,29). The van der Waals surface area contributed by atoms with Crippen LogP contribution < -0.4 is 20.3 Å². The highest BCUT2D eigenvalue weighted by molar-refractivity contribution is 6.13. The molecule has 6 nitrogen and oxygen atoms in total. The van der Waals surface area contributed by atoms with Gasteiger partial charge in [0.2, 0.25) is 0 Å². The Balaban J connectivity index is 1.86. The number of aromatic nitrogens is 1. The van der Waals surface area contributed by atoms with Gasteiger partial charge in [-0.05, 0) is 30.3 Å². The number of amides is 1. The summed E-state index contributed by atoms with van der Waals surface area (Å²) >= 11 is 0. The Bertz CT molecular complexity index is 1400. The molecule has 0 fully saturated rings. The van der Waals surface area contributed by atoms with Crippen LogP contribution >= 0.6 is 0 Å². The van der Waals surface area contributed by atoms with E-state index in [-0.39, 0.29) is 16.6 Å². The number of nitrogens with zero attached hydrogens (tertiary/aromatic N) is 1. The summed E-state index contributed by atoms with van der Waals surface area (Å²) in [5.74, 6) is -1.32. The number of benzene rings is 3. The molecule has 0 saturated carbocycles. The lowest BCUT2D eigenvalue weighted by molar-refractivity contribution is 0.102. The normalized spacial score (nSPS) is 10.8. The molecule has 0 radical (unpaired) electrons. The summed E-state index contributed by atoms with van der Waals surface area (Å²) in [5.41, 5.74) is -0.196. The first-order valence-corrected chi connectivity index (χ1v) is 9.56. The van der Waals surface area contributed by atoms with Gasteiger partial charge in [0, 0.05) is 29.1 Å². The van der Waals surface area contributed by atoms with Crippen LogP contribution in [0.1, 0.15) is 10.4 Å². The molecule has 0 atom stereocenters. The summed E-state index contributed by atoms with van der Waals surface area (Å²) in [6.45, 7) is 0. The maximum absolute atomic E-state index is 14.4. The van der Waals surface area contributed by atoms with Gasteiger partial charge >= 0.3 is 0 Å². The summed E-state index contributed by atoms with van der Waals surface area (Å²) in [7, 11) is 2.97. The molecule has 0 saturated heterocycles. The Morgan fingerprint density at radius 1 is 0.938 bits per heavy atom. The molecule has 0 bridgehead atoms. The third kappa shape index (κ3) is 3.78. The summed E-state index contributed by atoms with van der Waals surface area (Å²) < 4.78 is 39.3. The first-order chi connectivity index (χ1) is 15.4. The molecule has 1 aromatic heterocycles. The lowest BCUT2D eigenvalue weighted by Gasteiger charge is -2.15. The number of halogens is 2. The van der Waals surface area contributed by atoms with Crippen molar-refractivity contribution in [3.63, 3.8) is 0 Å². The molecular weight excluding hydrogens is 418 g/mol. The minimum Gasteiger partial charge on any atom is -0.497 e. The van der Waals surface area contributed by atoms with Gasteiger partial charge in [-0.2, -0.15) is 0 Å². The number of nitrogens with one attached hydrogen (secondary N) is 1. The number of methoxy groups -OCH3 is 2. The maximum Gasteiger partial charge on any atom is 0.263 e. The van der Waals surface area contributed by atoms with Crippen molar-refractivity contribution in [3.8, 4) is 17.2 Å². The Morgan fingerprint density at radius 3 is 2.38 bits per heavy atom. The smallest absolute Gasteiger partial charge is 0.263 e. The Hall–Kier alpha value is -4.20. The van der Waals surface area contributed by atoms with E-state index in [4.69, 9.17) is 9.47 Å². The summed E-state index contributed by atoms with van der Waals surface area (Å²) in [4.78, 5) is 26.2. The number of hydrogen-bond donors (Lipinski definition) is 1. The van der Waals surface area contributed by atoms with E-state index in [9.17, 15) is 18.4 Å². The van der Waals surface area contributed by atoms with Crippen LogP contribution in [0, 0.1) is 11.6 Å². The number of carbonyl (C=O) groups is 1. The zero-order valence-corrected chi connectivity index (χ0v) is 17.2. The monoisotopic (exact) mass is 436 g/mol. The first kappa shape index (κ1) is 21.0. The van der Waals surface area contributed by atoms with Gasteiger partial charge in [0.1, 0.15) is 23.1 Å². The second-order valence-corrected chi connectivity index (χ2v) is 6.88. The predicted molar refractivity (Wildman–Crippen MR) is 117 cm³/mol. The van der Waals surface area contributed by atoms with Crippen LogP contribution in [0.3, 0.4) is 0 Å². The molecule has 0 aliphatic heterocycles. The minimum atomic E-state index is -0.925. The highest BCUT2D eigenvalue weighted by Gasteiger charge is 2.19. The molecule has 1 N–H and O–H groups in total. The van der Waals surface area contributed by atoms with E-state index >= 15 is 0 Å².